The highest BCUT2D eigenvalue weighted by atomic mass is 16.2. The van der Waals surface area contributed by atoms with Crippen LogP contribution in [0.25, 0.3) is 0 Å². The third kappa shape index (κ3) is 3.85. The van der Waals surface area contributed by atoms with Crippen LogP contribution in [0, 0.1) is 0 Å². The minimum absolute atomic E-state index is 0.0797. The summed E-state index contributed by atoms with van der Waals surface area (Å²) in [7, 11) is 0. The predicted octanol–water partition coefficient (Wildman–Crippen LogP) is 1.26. The van der Waals surface area contributed by atoms with Crippen molar-refractivity contribution in [2.45, 2.75) is 70.4 Å². The molecular formula is C16H26N4O4. The first kappa shape index (κ1) is 18.2. The van der Waals surface area contributed by atoms with Gasteiger partial charge >= 0.3 is 12.1 Å². The van der Waals surface area contributed by atoms with E-state index in [0.717, 1.165) is 30.6 Å². The fraction of sp³-hybridized carbons (Fsp3) is 0.750. The molecule has 3 N–H and O–H groups in total. The van der Waals surface area contributed by atoms with Gasteiger partial charge in [-0.05, 0) is 25.7 Å². The fourth-order valence-electron chi connectivity index (χ4n) is 3.33. The molecule has 0 radical (unpaired) electrons. The van der Waals surface area contributed by atoms with Gasteiger partial charge in [-0.2, -0.15) is 0 Å². The Labute approximate surface area is 141 Å². The molecule has 1 aliphatic heterocycles. The average Bonchev–Trinajstić information content (AvgIpc) is 2.80. The Morgan fingerprint density at radius 3 is 2.33 bits per heavy atom. The van der Waals surface area contributed by atoms with E-state index < -0.39 is 36.0 Å². The number of urea groups is 2. The molecule has 6 amide bonds. The number of hydrogen-bond acceptors (Lipinski definition) is 4. The predicted molar refractivity (Wildman–Crippen MR) is 87.1 cm³/mol. The zero-order valence-electron chi connectivity index (χ0n) is 14.3. The maximum atomic E-state index is 12.4. The van der Waals surface area contributed by atoms with Crippen LogP contribution < -0.4 is 16.0 Å². The summed E-state index contributed by atoms with van der Waals surface area (Å²) in [5, 5.41) is 7.60. The molecule has 1 saturated heterocycles. The highest BCUT2D eigenvalue weighted by molar-refractivity contribution is 6.09. The third-order valence-electron chi connectivity index (χ3n) is 4.95. The van der Waals surface area contributed by atoms with Crippen molar-refractivity contribution in [1.29, 1.82) is 0 Å². The van der Waals surface area contributed by atoms with E-state index in [1.165, 1.54) is 6.42 Å². The molecule has 1 heterocycles. The van der Waals surface area contributed by atoms with Gasteiger partial charge in [0.2, 0.25) is 5.91 Å². The van der Waals surface area contributed by atoms with Gasteiger partial charge in [0.15, 0.2) is 0 Å². The van der Waals surface area contributed by atoms with Gasteiger partial charge in [-0.25, -0.2) is 9.59 Å². The molecule has 0 atom stereocenters. The molecule has 1 aliphatic carbocycles. The van der Waals surface area contributed by atoms with Crippen molar-refractivity contribution >= 4 is 23.9 Å². The van der Waals surface area contributed by atoms with Crippen molar-refractivity contribution in [3.8, 4) is 0 Å². The van der Waals surface area contributed by atoms with E-state index in [1.54, 1.807) is 0 Å². The molecule has 2 fully saturated rings. The van der Waals surface area contributed by atoms with Crippen LogP contribution in [-0.4, -0.2) is 46.9 Å². The fourth-order valence-corrected chi connectivity index (χ4v) is 3.33. The quantitative estimate of drug-likeness (QED) is 0.656. The lowest BCUT2D eigenvalue weighted by Gasteiger charge is -2.23. The molecule has 0 unspecified atom stereocenters. The van der Waals surface area contributed by atoms with Crippen LogP contribution in [0.15, 0.2) is 0 Å². The Morgan fingerprint density at radius 2 is 1.79 bits per heavy atom. The summed E-state index contributed by atoms with van der Waals surface area (Å²) >= 11 is 0. The Bertz CT molecular complexity index is 524. The van der Waals surface area contributed by atoms with Crippen molar-refractivity contribution < 1.29 is 19.2 Å². The van der Waals surface area contributed by atoms with E-state index in [4.69, 9.17) is 0 Å². The molecule has 8 nitrogen and oxygen atoms in total. The number of carbonyl (C=O) groups is 4. The molecule has 8 heteroatoms. The van der Waals surface area contributed by atoms with E-state index in [1.807, 2.05) is 13.8 Å². The number of carbonyl (C=O) groups excluding carboxylic acids is 4. The topological polar surface area (TPSA) is 108 Å². The number of nitrogens with one attached hydrogen (secondary N) is 3. The molecule has 0 aromatic heterocycles. The summed E-state index contributed by atoms with van der Waals surface area (Å²) < 4.78 is 0. The van der Waals surface area contributed by atoms with E-state index >= 15 is 0 Å². The molecular weight excluding hydrogens is 312 g/mol. The number of amides is 6. The van der Waals surface area contributed by atoms with Crippen LogP contribution in [0.4, 0.5) is 9.59 Å². The summed E-state index contributed by atoms with van der Waals surface area (Å²) in [6.45, 7) is 3.16. The van der Waals surface area contributed by atoms with Crippen LogP contribution >= 0.6 is 0 Å². The number of rotatable bonds is 5. The van der Waals surface area contributed by atoms with Gasteiger partial charge < -0.3 is 10.6 Å². The van der Waals surface area contributed by atoms with E-state index in [9.17, 15) is 19.2 Å². The van der Waals surface area contributed by atoms with Gasteiger partial charge in [-0.1, -0.05) is 33.1 Å². The Balaban J connectivity index is 1.86. The SMILES string of the molecule is CCC1(CC)NC(=O)N(CC(=O)NC(=O)NC2CCCCC2)C1=O. The van der Waals surface area contributed by atoms with Gasteiger partial charge in [-0.15, -0.1) is 0 Å². The largest absolute Gasteiger partial charge is 0.335 e. The lowest BCUT2D eigenvalue weighted by atomic mass is 9.93. The molecule has 0 bridgehead atoms. The summed E-state index contributed by atoms with van der Waals surface area (Å²) in [5.74, 6) is -1.09. The second kappa shape index (κ2) is 7.63. The first-order valence-corrected chi connectivity index (χ1v) is 8.66. The van der Waals surface area contributed by atoms with Gasteiger partial charge in [0.05, 0.1) is 0 Å². The van der Waals surface area contributed by atoms with Crippen molar-refractivity contribution in [3.05, 3.63) is 0 Å². The first-order chi connectivity index (χ1) is 11.4. The average molecular weight is 338 g/mol. The zero-order chi connectivity index (χ0) is 17.7. The zero-order valence-corrected chi connectivity index (χ0v) is 14.3. The number of nitrogens with zero attached hydrogens (tertiary/aromatic N) is 1. The lowest BCUT2D eigenvalue weighted by Crippen LogP contribution is -2.49. The second-order valence-corrected chi connectivity index (χ2v) is 6.47. The monoisotopic (exact) mass is 338 g/mol. The molecule has 0 aromatic rings. The van der Waals surface area contributed by atoms with E-state index in [-0.39, 0.29) is 6.04 Å². The minimum Gasteiger partial charge on any atom is -0.335 e. The molecule has 1 saturated carbocycles. The highest BCUT2D eigenvalue weighted by Crippen LogP contribution is 2.24. The van der Waals surface area contributed by atoms with Crippen LogP contribution in [0.3, 0.4) is 0 Å². The normalized spacial score (nSPS) is 20.7. The maximum absolute atomic E-state index is 12.4. The number of imide groups is 2. The highest BCUT2D eigenvalue weighted by Gasteiger charge is 2.49. The molecule has 2 aliphatic rings. The molecule has 0 spiro atoms. The standard InChI is InChI=1S/C16H26N4O4/c1-3-16(4-2)13(22)20(15(24)19-16)10-12(21)18-14(23)17-11-8-6-5-7-9-11/h11H,3-10H2,1-2H3,(H,19,24)(H2,17,18,21,23). The van der Waals surface area contributed by atoms with E-state index in [0.29, 0.717) is 12.8 Å². The van der Waals surface area contributed by atoms with Crippen LogP contribution in [-0.2, 0) is 9.59 Å². The molecule has 24 heavy (non-hydrogen) atoms. The number of hydrogen-bond donors (Lipinski definition) is 3. The smallest absolute Gasteiger partial charge is 0.325 e. The molecule has 0 aromatic carbocycles. The summed E-state index contributed by atoms with van der Waals surface area (Å²) in [4.78, 5) is 49.1. The summed E-state index contributed by atoms with van der Waals surface area (Å²) in [6, 6.07) is -1.08. The Morgan fingerprint density at radius 1 is 1.17 bits per heavy atom. The van der Waals surface area contributed by atoms with Gasteiger partial charge in [0.1, 0.15) is 12.1 Å². The lowest BCUT2D eigenvalue weighted by molar-refractivity contribution is -0.135. The van der Waals surface area contributed by atoms with Crippen molar-refractivity contribution in [2.75, 3.05) is 6.54 Å². The van der Waals surface area contributed by atoms with Gasteiger partial charge in [-0.3, -0.25) is 19.8 Å². The maximum Gasteiger partial charge on any atom is 0.325 e. The van der Waals surface area contributed by atoms with Crippen molar-refractivity contribution in [1.82, 2.24) is 20.9 Å². The van der Waals surface area contributed by atoms with Gasteiger partial charge in [0.25, 0.3) is 5.91 Å². The van der Waals surface area contributed by atoms with Crippen molar-refractivity contribution in [2.24, 2.45) is 0 Å². The van der Waals surface area contributed by atoms with Crippen LogP contribution in [0.5, 0.6) is 0 Å². The Hall–Kier alpha value is -2.12. The second-order valence-electron chi connectivity index (χ2n) is 6.47. The van der Waals surface area contributed by atoms with Gasteiger partial charge in [0, 0.05) is 6.04 Å². The Kier molecular flexibility index (Phi) is 5.80. The summed E-state index contributed by atoms with van der Waals surface area (Å²) in [5.41, 5.74) is -0.943. The minimum atomic E-state index is -0.943. The van der Waals surface area contributed by atoms with Crippen LogP contribution in [0.1, 0.15) is 58.8 Å². The first-order valence-electron chi connectivity index (χ1n) is 8.66. The van der Waals surface area contributed by atoms with E-state index in [2.05, 4.69) is 16.0 Å². The molecule has 2 rings (SSSR count). The summed E-state index contributed by atoms with van der Waals surface area (Å²) in [6.07, 6.45) is 6.02. The van der Waals surface area contributed by atoms with Crippen molar-refractivity contribution in [3.63, 3.8) is 0 Å². The molecule has 134 valence electrons. The third-order valence-corrected chi connectivity index (χ3v) is 4.95. The van der Waals surface area contributed by atoms with Crippen LogP contribution in [0.2, 0.25) is 0 Å².